The van der Waals surface area contributed by atoms with Crippen molar-refractivity contribution in [2.75, 3.05) is 32.8 Å². The quantitative estimate of drug-likeness (QED) is 0.0495. The summed E-state index contributed by atoms with van der Waals surface area (Å²) in [5, 5.41) is 9.46. The highest BCUT2D eigenvalue weighted by Gasteiger charge is 2.41. The number of carbonyl (C=O) groups is 2. The lowest BCUT2D eigenvalue weighted by Crippen LogP contribution is -2.28. The minimum Gasteiger partial charge on any atom is -0.466 e. The Morgan fingerprint density at radius 2 is 1.00 bits per heavy atom. The van der Waals surface area contributed by atoms with Crippen LogP contribution < -0.4 is 0 Å². The fourth-order valence-corrected chi connectivity index (χ4v) is 7.90. The number of aliphatic hydroxyl groups is 1. The van der Waals surface area contributed by atoms with Gasteiger partial charge in [-0.15, -0.1) is 0 Å². The van der Waals surface area contributed by atoms with E-state index in [1.54, 1.807) is 0 Å². The molecular weight excluding hydrogens is 659 g/mol. The summed E-state index contributed by atoms with van der Waals surface area (Å²) >= 11 is 0. The molecule has 1 aliphatic carbocycles. The molecule has 1 saturated carbocycles. The van der Waals surface area contributed by atoms with E-state index < -0.39 is 0 Å². The van der Waals surface area contributed by atoms with Crippen LogP contribution in [0.2, 0.25) is 0 Å². The summed E-state index contributed by atoms with van der Waals surface area (Å²) in [5.74, 6) is 0.0303. The molecule has 0 saturated heterocycles. The van der Waals surface area contributed by atoms with E-state index in [-0.39, 0.29) is 24.6 Å². The molecule has 53 heavy (non-hydrogen) atoms. The Morgan fingerprint density at radius 1 is 0.528 bits per heavy atom. The Labute approximate surface area is 330 Å². The van der Waals surface area contributed by atoms with E-state index in [0.29, 0.717) is 24.9 Å². The fraction of sp³-hybridized carbons (Fsp3) is 0.957. The third-order valence-corrected chi connectivity index (χ3v) is 11.8. The van der Waals surface area contributed by atoms with E-state index in [4.69, 9.17) is 9.47 Å². The van der Waals surface area contributed by atoms with Crippen LogP contribution in [0.3, 0.4) is 0 Å². The second kappa shape index (κ2) is 36.5. The van der Waals surface area contributed by atoms with Gasteiger partial charge in [0.2, 0.25) is 0 Å². The van der Waals surface area contributed by atoms with Crippen molar-refractivity contribution in [3.8, 4) is 0 Å². The van der Waals surface area contributed by atoms with Crippen LogP contribution in [0.25, 0.3) is 0 Å². The van der Waals surface area contributed by atoms with E-state index >= 15 is 0 Å². The largest absolute Gasteiger partial charge is 0.466 e. The SMILES string of the molecule is CCCCCCCCCC(=O)OCCCCCCCN(CCCO)CCCCC1(CCC(=O)OC(CCCCCCCC)CCCCCCCC)CC1. The fourth-order valence-electron chi connectivity index (χ4n) is 7.90. The first kappa shape index (κ1) is 49.9. The summed E-state index contributed by atoms with van der Waals surface area (Å²) in [5.41, 5.74) is 0.380. The van der Waals surface area contributed by atoms with Gasteiger partial charge in [-0.2, -0.15) is 0 Å². The number of hydrogen-bond donors (Lipinski definition) is 1. The lowest BCUT2D eigenvalue weighted by atomic mass is 9.93. The molecule has 0 aliphatic heterocycles. The van der Waals surface area contributed by atoms with Gasteiger partial charge in [0.05, 0.1) is 6.61 Å². The van der Waals surface area contributed by atoms with E-state index in [1.165, 1.54) is 161 Å². The summed E-state index contributed by atoms with van der Waals surface area (Å²) in [6.45, 7) is 10.8. The molecule has 6 heteroatoms. The Kier molecular flexibility index (Phi) is 34.3. The number of hydrogen-bond acceptors (Lipinski definition) is 6. The molecule has 0 bridgehead atoms. The van der Waals surface area contributed by atoms with E-state index in [2.05, 4.69) is 25.7 Å². The molecule has 0 aromatic heterocycles. The standard InChI is InChI=1S/C47H91NO5/c1-4-7-10-13-16-20-25-33-45(50)52-43-29-22-17-21-27-39-48(41-30-42-49)40-28-26-35-47(37-38-47)36-34-46(51)53-44(31-23-18-14-11-8-5-2)32-24-19-15-12-9-6-3/h44,49H,4-43H2,1-3H3. The Hall–Kier alpha value is -1.14. The number of rotatable bonds is 42. The second-order valence-corrected chi connectivity index (χ2v) is 17.0. The van der Waals surface area contributed by atoms with Crippen molar-refractivity contribution in [2.24, 2.45) is 5.41 Å². The zero-order valence-electron chi connectivity index (χ0n) is 35.9. The molecule has 0 aromatic rings. The topological polar surface area (TPSA) is 76.1 Å². The number of esters is 2. The number of unbranched alkanes of at least 4 members (excludes halogenated alkanes) is 21. The Bertz CT molecular complexity index is 799. The van der Waals surface area contributed by atoms with Crippen molar-refractivity contribution in [2.45, 2.75) is 252 Å². The maximum atomic E-state index is 13.0. The number of ether oxygens (including phenoxy) is 2. The normalized spacial score (nSPS) is 13.6. The molecule has 0 radical (unpaired) electrons. The van der Waals surface area contributed by atoms with Crippen molar-refractivity contribution in [3.63, 3.8) is 0 Å². The van der Waals surface area contributed by atoms with Gasteiger partial charge in [-0.05, 0) is 102 Å². The first-order chi connectivity index (χ1) is 26.0. The van der Waals surface area contributed by atoms with Gasteiger partial charge in [0, 0.05) is 26.0 Å². The Balaban J connectivity index is 2.22. The van der Waals surface area contributed by atoms with Crippen molar-refractivity contribution in [1.29, 1.82) is 0 Å². The third kappa shape index (κ3) is 31.7. The van der Waals surface area contributed by atoms with Gasteiger partial charge in [0.15, 0.2) is 0 Å². The summed E-state index contributed by atoms with van der Waals surface area (Å²) in [6.07, 6.45) is 41.1. The maximum Gasteiger partial charge on any atom is 0.306 e. The highest BCUT2D eigenvalue weighted by atomic mass is 16.5. The molecular formula is C47H91NO5. The third-order valence-electron chi connectivity index (χ3n) is 11.8. The van der Waals surface area contributed by atoms with Crippen LogP contribution in [-0.4, -0.2) is 60.9 Å². The summed E-state index contributed by atoms with van der Waals surface area (Å²) < 4.78 is 11.6. The van der Waals surface area contributed by atoms with Gasteiger partial charge in [-0.3, -0.25) is 9.59 Å². The van der Waals surface area contributed by atoms with Crippen molar-refractivity contribution < 1.29 is 24.2 Å². The molecule has 1 N–H and O–H groups in total. The highest BCUT2D eigenvalue weighted by molar-refractivity contribution is 5.69. The van der Waals surface area contributed by atoms with Gasteiger partial charge in [0.1, 0.15) is 6.10 Å². The predicted molar refractivity (Wildman–Crippen MR) is 225 cm³/mol. The zero-order chi connectivity index (χ0) is 38.5. The van der Waals surface area contributed by atoms with E-state index in [0.717, 1.165) is 71.0 Å². The minimum atomic E-state index is -0.0190. The summed E-state index contributed by atoms with van der Waals surface area (Å²) in [7, 11) is 0. The van der Waals surface area contributed by atoms with Gasteiger partial charge < -0.3 is 19.5 Å². The molecule has 0 aromatic carbocycles. The Morgan fingerprint density at radius 3 is 1.55 bits per heavy atom. The molecule has 6 nitrogen and oxygen atoms in total. The van der Waals surface area contributed by atoms with Crippen LogP contribution in [-0.2, 0) is 19.1 Å². The number of nitrogens with zero attached hydrogens (tertiary/aromatic N) is 1. The smallest absolute Gasteiger partial charge is 0.306 e. The van der Waals surface area contributed by atoms with Gasteiger partial charge >= 0.3 is 11.9 Å². The molecule has 0 heterocycles. The molecule has 0 amide bonds. The second-order valence-electron chi connectivity index (χ2n) is 17.0. The lowest BCUT2D eigenvalue weighted by molar-refractivity contribution is -0.150. The zero-order valence-corrected chi connectivity index (χ0v) is 35.9. The maximum absolute atomic E-state index is 13.0. The van der Waals surface area contributed by atoms with Crippen LogP contribution in [0, 0.1) is 5.41 Å². The molecule has 0 unspecified atom stereocenters. The minimum absolute atomic E-state index is 0.0190. The van der Waals surface area contributed by atoms with Gasteiger partial charge in [-0.1, -0.05) is 149 Å². The number of carbonyl (C=O) groups excluding carboxylic acids is 2. The van der Waals surface area contributed by atoms with E-state index in [9.17, 15) is 14.7 Å². The molecule has 1 fully saturated rings. The van der Waals surface area contributed by atoms with Crippen molar-refractivity contribution >= 4 is 11.9 Å². The predicted octanol–water partition coefficient (Wildman–Crippen LogP) is 13.4. The molecule has 1 rings (SSSR count). The van der Waals surface area contributed by atoms with Crippen LogP contribution >= 0.6 is 0 Å². The highest BCUT2D eigenvalue weighted by Crippen LogP contribution is 2.53. The van der Waals surface area contributed by atoms with Crippen molar-refractivity contribution in [3.05, 3.63) is 0 Å². The lowest BCUT2D eigenvalue weighted by Gasteiger charge is -2.23. The first-order valence-electron chi connectivity index (χ1n) is 23.7. The average Bonchev–Trinajstić information content (AvgIpc) is 3.94. The van der Waals surface area contributed by atoms with Crippen LogP contribution in [0.4, 0.5) is 0 Å². The van der Waals surface area contributed by atoms with Crippen molar-refractivity contribution in [1.82, 2.24) is 4.90 Å². The monoisotopic (exact) mass is 750 g/mol. The van der Waals surface area contributed by atoms with Crippen LogP contribution in [0.5, 0.6) is 0 Å². The molecule has 0 spiro atoms. The molecule has 0 atom stereocenters. The summed E-state index contributed by atoms with van der Waals surface area (Å²) in [6, 6.07) is 0. The van der Waals surface area contributed by atoms with E-state index in [1.807, 2.05) is 0 Å². The summed E-state index contributed by atoms with van der Waals surface area (Å²) in [4.78, 5) is 27.6. The van der Waals surface area contributed by atoms with Gasteiger partial charge in [-0.25, -0.2) is 0 Å². The van der Waals surface area contributed by atoms with Crippen LogP contribution in [0.1, 0.15) is 245 Å². The van der Waals surface area contributed by atoms with Crippen LogP contribution in [0.15, 0.2) is 0 Å². The molecule has 314 valence electrons. The number of aliphatic hydroxyl groups excluding tert-OH is 1. The molecule has 1 aliphatic rings. The first-order valence-corrected chi connectivity index (χ1v) is 23.7. The van der Waals surface area contributed by atoms with Gasteiger partial charge in [0.25, 0.3) is 0 Å². The average molecular weight is 750 g/mol.